The standard InChI is InChI=1S/C23H31NO4/c1-14(2)18-6-4-5-15(3)20(18)24-19(25)12-28-21(26)22-8-16-7-17(9-22)11-23(27,10-16)13-22/h4-6,14,16-17,27H,7-13H2,1-3H3,(H,24,25). The van der Waals surface area contributed by atoms with Gasteiger partial charge in [-0.05, 0) is 74.3 Å². The molecule has 0 heterocycles. The second-order valence-electron chi connectivity index (χ2n) is 9.78. The molecule has 0 saturated heterocycles. The topological polar surface area (TPSA) is 75.6 Å². The number of ether oxygens (including phenoxy) is 1. The lowest BCUT2D eigenvalue weighted by molar-refractivity contribution is -0.196. The monoisotopic (exact) mass is 385 g/mol. The molecule has 0 spiro atoms. The molecule has 5 heteroatoms. The Morgan fingerprint density at radius 3 is 2.50 bits per heavy atom. The molecule has 28 heavy (non-hydrogen) atoms. The zero-order valence-electron chi connectivity index (χ0n) is 17.1. The molecule has 4 fully saturated rings. The number of carbonyl (C=O) groups is 2. The fraction of sp³-hybridized carbons (Fsp3) is 0.652. The van der Waals surface area contributed by atoms with Gasteiger partial charge in [-0.25, -0.2) is 0 Å². The van der Waals surface area contributed by atoms with E-state index in [-0.39, 0.29) is 24.4 Å². The van der Waals surface area contributed by atoms with E-state index >= 15 is 0 Å². The third-order valence-corrected chi connectivity index (χ3v) is 6.99. The summed E-state index contributed by atoms with van der Waals surface area (Å²) in [4.78, 5) is 25.4. The molecule has 1 amide bonds. The van der Waals surface area contributed by atoms with Gasteiger partial charge in [0.2, 0.25) is 0 Å². The smallest absolute Gasteiger partial charge is 0.312 e. The summed E-state index contributed by atoms with van der Waals surface area (Å²) < 4.78 is 5.48. The van der Waals surface area contributed by atoms with Crippen LogP contribution < -0.4 is 5.32 Å². The van der Waals surface area contributed by atoms with Crippen molar-refractivity contribution in [3.8, 4) is 0 Å². The molecular weight excluding hydrogens is 354 g/mol. The number of aliphatic hydroxyl groups is 1. The first-order chi connectivity index (χ1) is 13.2. The molecule has 2 unspecified atom stereocenters. The molecule has 4 aliphatic rings. The third kappa shape index (κ3) is 3.45. The summed E-state index contributed by atoms with van der Waals surface area (Å²) in [5.41, 5.74) is 1.57. The number of carbonyl (C=O) groups excluding carboxylic acids is 2. The number of para-hydroxylation sites is 1. The van der Waals surface area contributed by atoms with Crippen molar-refractivity contribution in [3.63, 3.8) is 0 Å². The summed E-state index contributed by atoms with van der Waals surface area (Å²) in [6, 6.07) is 5.96. The number of amides is 1. The van der Waals surface area contributed by atoms with Crippen LogP contribution in [0.15, 0.2) is 18.2 Å². The minimum Gasteiger partial charge on any atom is -0.455 e. The largest absolute Gasteiger partial charge is 0.455 e. The van der Waals surface area contributed by atoms with Gasteiger partial charge in [-0.15, -0.1) is 0 Å². The molecular formula is C23H31NO4. The molecule has 0 aliphatic heterocycles. The minimum atomic E-state index is -0.710. The molecule has 0 aromatic heterocycles. The average Bonchev–Trinajstić information content (AvgIpc) is 2.59. The van der Waals surface area contributed by atoms with Gasteiger partial charge in [-0.1, -0.05) is 32.0 Å². The van der Waals surface area contributed by atoms with Gasteiger partial charge in [0.1, 0.15) is 0 Å². The van der Waals surface area contributed by atoms with Gasteiger partial charge >= 0.3 is 5.97 Å². The zero-order chi connectivity index (χ0) is 20.1. The maximum atomic E-state index is 12.9. The van der Waals surface area contributed by atoms with E-state index < -0.39 is 11.0 Å². The maximum absolute atomic E-state index is 12.9. The molecule has 5 nitrogen and oxygen atoms in total. The first-order valence-electron chi connectivity index (χ1n) is 10.5. The predicted octanol–water partition coefficient (Wildman–Crippen LogP) is 3.93. The van der Waals surface area contributed by atoms with Gasteiger partial charge < -0.3 is 15.2 Å². The van der Waals surface area contributed by atoms with E-state index in [9.17, 15) is 14.7 Å². The van der Waals surface area contributed by atoms with Crippen LogP contribution in [0.1, 0.15) is 69.4 Å². The fourth-order valence-corrected chi connectivity index (χ4v) is 6.26. The quantitative estimate of drug-likeness (QED) is 0.753. The molecule has 152 valence electrons. The Morgan fingerprint density at radius 2 is 1.89 bits per heavy atom. The number of anilines is 1. The lowest BCUT2D eigenvalue weighted by atomic mass is 9.48. The van der Waals surface area contributed by atoms with Crippen LogP contribution in [0.25, 0.3) is 0 Å². The zero-order valence-corrected chi connectivity index (χ0v) is 17.1. The molecule has 1 aromatic carbocycles. The average molecular weight is 386 g/mol. The van der Waals surface area contributed by atoms with E-state index in [1.54, 1.807) is 0 Å². The SMILES string of the molecule is Cc1cccc(C(C)C)c1NC(=O)COC(=O)C12CC3CC(CC(O)(C3)C1)C2. The summed E-state index contributed by atoms with van der Waals surface area (Å²) in [5, 5.41) is 13.7. The lowest BCUT2D eigenvalue weighted by Crippen LogP contribution is -2.58. The van der Waals surface area contributed by atoms with Crippen molar-refractivity contribution in [2.45, 2.75) is 70.8 Å². The van der Waals surface area contributed by atoms with Crippen LogP contribution in [0.5, 0.6) is 0 Å². The van der Waals surface area contributed by atoms with Gasteiger partial charge in [-0.3, -0.25) is 9.59 Å². The highest BCUT2D eigenvalue weighted by Gasteiger charge is 2.60. The van der Waals surface area contributed by atoms with Crippen LogP contribution in [0, 0.1) is 24.2 Å². The van der Waals surface area contributed by atoms with Crippen LogP contribution in [0.3, 0.4) is 0 Å². The van der Waals surface area contributed by atoms with Gasteiger partial charge in [-0.2, -0.15) is 0 Å². The van der Waals surface area contributed by atoms with E-state index in [2.05, 4.69) is 19.2 Å². The van der Waals surface area contributed by atoms with E-state index in [4.69, 9.17) is 4.74 Å². The molecule has 4 bridgehead atoms. The Labute approximate surface area is 166 Å². The van der Waals surface area contributed by atoms with E-state index in [0.717, 1.165) is 48.9 Å². The molecule has 1 aromatic rings. The number of rotatable bonds is 5. The van der Waals surface area contributed by atoms with Crippen LogP contribution in [0.4, 0.5) is 5.69 Å². The van der Waals surface area contributed by atoms with Crippen molar-refractivity contribution < 1.29 is 19.4 Å². The number of hydrogen-bond acceptors (Lipinski definition) is 4. The Bertz CT molecular complexity index is 786. The summed E-state index contributed by atoms with van der Waals surface area (Å²) in [6.07, 6.45) is 4.81. The predicted molar refractivity (Wildman–Crippen MR) is 107 cm³/mol. The fourth-order valence-electron chi connectivity index (χ4n) is 6.26. The highest BCUT2D eigenvalue weighted by Crippen LogP contribution is 2.61. The first-order valence-corrected chi connectivity index (χ1v) is 10.5. The van der Waals surface area contributed by atoms with Crippen molar-refractivity contribution in [1.29, 1.82) is 0 Å². The van der Waals surface area contributed by atoms with E-state index in [1.807, 2.05) is 25.1 Å². The summed E-state index contributed by atoms with van der Waals surface area (Å²) in [7, 11) is 0. The van der Waals surface area contributed by atoms with E-state index in [0.29, 0.717) is 18.3 Å². The Hall–Kier alpha value is -1.88. The molecule has 4 aliphatic carbocycles. The second kappa shape index (κ2) is 6.87. The highest BCUT2D eigenvalue weighted by molar-refractivity contribution is 5.94. The molecule has 2 atom stereocenters. The Balaban J connectivity index is 1.40. The van der Waals surface area contributed by atoms with Crippen molar-refractivity contribution in [2.75, 3.05) is 11.9 Å². The van der Waals surface area contributed by atoms with Crippen LogP contribution in [0.2, 0.25) is 0 Å². The highest BCUT2D eigenvalue weighted by atomic mass is 16.5. The number of hydrogen-bond donors (Lipinski definition) is 2. The summed E-state index contributed by atoms with van der Waals surface area (Å²) >= 11 is 0. The van der Waals surface area contributed by atoms with Crippen LogP contribution in [-0.4, -0.2) is 29.2 Å². The second-order valence-corrected chi connectivity index (χ2v) is 9.78. The van der Waals surface area contributed by atoms with Crippen LogP contribution in [-0.2, 0) is 14.3 Å². The van der Waals surface area contributed by atoms with Crippen molar-refractivity contribution in [3.05, 3.63) is 29.3 Å². The third-order valence-electron chi connectivity index (χ3n) is 6.99. The van der Waals surface area contributed by atoms with Gasteiger partial charge in [0.05, 0.1) is 11.0 Å². The molecule has 4 saturated carbocycles. The number of nitrogens with one attached hydrogen (secondary N) is 1. The molecule has 2 N–H and O–H groups in total. The Kier molecular flexibility index (Phi) is 4.77. The van der Waals surface area contributed by atoms with Crippen LogP contribution >= 0.6 is 0 Å². The maximum Gasteiger partial charge on any atom is 0.312 e. The van der Waals surface area contributed by atoms with Crippen molar-refractivity contribution >= 4 is 17.6 Å². The van der Waals surface area contributed by atoms with Gasteiger partial charge in [0.25, 0.3) is 5.91 Å². The minimum absolute atomic E-state index is 0.278. The summed E-state index contributed by atoms with van der Waals surface area (Å²) in [5.74, 6) is 0.490. The number of benzene rings is 1. The number of aryl methyl sites for hydroxylation is 1. The molecule has 0 radical (unpaired) electrons. The first kappa shape index (κ1) is 19.4. The van der Waals surface area contributed by atoms with Crippen molar-refractivity contribution in [2.24, 2.45) is 17.3 Å². The van der Waals surface area contributed by atoms with Gasteiger partial charge in [0, 0.05) is 5.69 Å². The van der Waals surface area contributed by atoms with E-state index in [1.165, 1.54) is 0 Å². The van der Waals surface area contributed by atoms with Crippen molar-refractivity contribution in [1.82, 2.24) is 0 Å². The number of esters is 1. The molecule has 5 rings (SSSR count). The normalized spacial score (nSPS) is 33.2. The summed E-state index contributed by atoms with van der Waals surface area (Å²) in [6.45, 7) is 5.86. The Morgan fingerprint density at radius 1 is 1.21 bits per heavy atom. The lowest BCUT2D eigenvalue weighted by Gasteiger charge is -2.58. The van der Waals surface area contributed by atoms with Gasteiger partial charge in [0.15, 0.2) is 6.61 Å².